The van der Waals surface area contributed by atoms with E-state index in [9.17, 15) is 18.0 Å². The molecule has 37 heavy (non-hydrogen) atoms. The molecule has 0 fully saturated rings. The summed E-state index contributed by atoms with van der Waals surface area (Å²) in [7, 11) is -3.67. The Kier molecular flexibility index (Phi) is 7.87. The maximum Gasteiger partial charge on any atom is 0.265 e. The molecule has 1 aliphatic rings. The standard InChI is InChI=1S/C29H35N3O4S/c1-20(2)18-30-29(34)22(4)31(19-23-15-13-21(3)14-16-23)27(33)12-7-17-32-25-10-5-8-24-9-6-11-26(28(24)25)37(32,35)36/h5-6,8-11,13-16,20,22H,7,12,17-19H2,1-4H3,(H,30,34)/t22-/m0/s1. The molecule has 0 saturated heterocycles. The highest BCUT2D eigenvalue weighted by Crippen LogP contribution is 2.42. The van der Waals surface area contributed by atoms with E-state index in [0.717, 1.165) is 21.9 Å². The normalized spacial score (nSPS) is 14.7. The maximum absolute atomic E-state index is 13.4. The second kappa shape index (κ2) is 10.9. The van der Waals surface area contributed by atoms with Crippen LogP contribution in [0.5, 0.6) is 0 Å². The topological polar surface area (TPSA) is 86.8 Å². The lowest BCUT2D eigenvalue weighted by Crippen LogP contribution is -2.48. The zero-order chi connectivity index (χ0) is 26.7. The third kappa shape index (κ3) is 5.64. The number of hydrogen-bond acceptors (Lipinski definition) is 4. The van der Waals surface area contributed by atoms with Crippen LogP contribution in [0, 0.1) is 12.8 Å². The average Bonchev–Trinajstić information content (AvgIpc) is 3.09. The number of nitrogens with zero attached hydrogens (tertiary/aromatic N) is 2. The first-order chi connectivity index (χ1) is 17.6. The van der Waals surface area contributed by atoms with Gasteiger partial charge in [-0.25, -0.2) is 8.42 Å². The second-order valence-corrected chi connectivity index (χ2v) is 12.0. The number of carbonyl (C=O) groups is 2. The fourth-order valence-corrected chi connectivity index (χ4v) is 6.39. The van der Waals surface area contributed by atoms with E-state index in [4.69, 9.17) is 0 Å². The van der Waals surface area contributed by atoms with Crippen LogP contribution in [0.4, 0.5) is 5.69 Å². The lowest BCUT2D eigenvalue weighted by Gasteiger charge is -2.29. The fraction of sp³-hybridized carbons (Fsp3) is 0.379. The van der Waals surface area contributed by atoms with Crippen LogP contribution in [0.3, 0.4) is 0 Å². The zero-order valence-electron chi connectivity index (χ0n) is 21.9. The van der Waals surface area contributed by atoms with Gasteiger partial charge in [-0.2, -0.15) is 0 Å². The van der Waals surface area contributed by atoms with Crippen LogP contribution in [0.15, 0.2) is 65.6 Å². The van der Waals surface area contributed by atoms with Gasteiger partial charge in [-0.1, -0.05) is 67.9 Å². The Morgan fingerprint density at radius 1 is 0.973 bits per heavy atom. The summed E-state index contributed by atoms with van der Waals surface area (Å²) in [5.74, 6) is -0.0770. The molecule has 7 nitrogen and oxygen atoms in total. The van der Waals surface area contributed by atoms with Crippen molar-refractivity contribution in [3.8, 4) is 0 Å². The van der Waals surface area contributed by atoms with Crippen LogP contribution in [-0.4, -0.2) is 44.3 Å². The van der Waals surface area contributed by atoms with Gasteiger partial charge in [-0.3, -0.25) is 13.9 Å². The Hall–Kier alpha value is -3.39. The summed E-state index contributed by atoms with van der Waals surface area (Å²) < 4.78 is 27.9. The van der Waals surface area contributed by atoms with Crippen LogP contribution < -0.4 is 9.62 Å². The number of aryl methyl sites for hydroxylation is 1. The Balaban J connectivity index is 1.48. The molecule has 196 valence electrons. The van der Waals surface area contributed by atoms with Crippen LogP contribution >= 0.6 is 0 Å². The number of nitrogens with one attached hydrogen (secondary N) is 1. The van der Waals surface area contributed by atoms with Gasteiger partial charge in [0.2, 0.25) is 11.8 Å². The lowest BCUT2D eigenvalue weighted by molar-refractivity contribution is -0.140. The molecule has 0 saturated carbocycles. The molecule has 2 amide bonds. The Morgan fingerprint density at radius 2 is 1.65 bits per heavy atom. The van der Waals surface area contributed by atoms with Gasteiger partial charge in [0, 0.05) is 31.4 Å². The van der Waals surface area contributed by atoms with Crippen molar-refractivity contribution in [2.24, 2.45) is 5.92 Å². The summed E-state index contributed by atoms with van der Waals surface area (Å²) in [5.41, 5.74) is 2.71. The van der Waals surface area contributed by atoms with E-state index in [-0.39, 0.29) is 24.8 Å². The summed E-state index contributed by atoms with van der Waals surface area (Å²) >= 11 is 0. The predicted molar refractivity (Wildman–Crippen MR) is 147 cm³/mol. The first-order valence-electron chi connectivity index (χ1n) is 12.8. The molecule has 4 rings (SSSR count). The van der Waals surface area contributed by atoms with E-state index in [1.165, 1.54) is 4.31 Å². The average molecular weight is 522 g/mol. The third-order valence-corrected chi connectivity index (χ3v) is 8.61. The van der Waals surface area contributed by atoms with Gasteiger partial charge >= 0.3 is 0 Å². The molecule has 8 heteroatoms. The minimum atomic E-state index is -3.67. The van der Waals surface area contributed by atoms with Gasteiger partial charge < -0.3 is 10.2 Å². The van der Waals surface area contributed by atoms with Crippen molar-refractivity contribution >= 4 is 38.3 Å². The smallest absolute Gasteiger partial charge is 0.265 e. The first kappa shape index (κ1) is 26.7. The monoisotopic (exact) mass is 521 g/mol. The summed E-state index contributed by atoms with van der Waals surface area (Å²) in [5, 5.41) is 4.53. The van der Waals surface area contributed by atoms with Gasteiger partial charge in [-0.15, -0.1) is 0 Å². The fourth-order valence-electron chi connectivity index (χ4n) is 4.64. The number of carbonyl (C=O) groups excluding carboxylic acids is 2. The van der Waals surface area contributed by atoms with Crippen LogP contribution in [0.2, 0.25) is 0 Å². The van der Waals surface area contributed by atoms with Crippen molar-refractivity contribution < 1.29 is 18.0 Å². The van der Waals surface area contributed by atoms with Crippen LogP contribution in [-0.2, 0) is 26.2 Å². The minimum absolute atomic E-state index is 0.131. The van der Waals surface area contributed by atoms with Crippen molar-refractivity contribution in [3.05, 3.63) is 71.8 Å². The van der Waals surface area contributed by atoms with Gasteiger partial charge in [0.1, 0.15) is 6.04 Å². The van der Waals surface area contributed by atoms with Gasteiger partial charge in [-0.05, 0) is 49.3 Å². The molecule has 0 unspecified atom stereocenters. The summed E-state index contributed by atoms with van der Waals surface area (Å²) in [6, 6.07) is 18.1. The summed E-state index contributed by atoms with van der Waals surface area (Å²) in [4.78, 5) is 28.2. The molecular formula is C29H35N3O4S. The molecule has 3 aromatic carbocycles. The predicted octanol–water partition coefficient (Wildman–Crippen LogP) is 4.63. The van der Waals surface area contributed by atoms with E-state index in [0.29, 0.717) is 36.0 Å². The highest BCUT2D eigenvalue weighted by molar-refractivity contribution is 7.93. The van der Waals surface area contributed by atoms with Crippen molar-refractivity contribution in [1.82, 2.24) is 10.2 Å². The van der Waals surface area contributed by atoms with E-state index in [2.05, 4.69) is 5.32 Å². The molecule has 1 N–H and O–H groups in total. The third-order valence-electron chi connectivity index (χ3n) is 6.76. The summed E-state index contributed by atoms with van der Waals surface area (Å²) in [6.45, 7) is 8.81. The van der Waals surface area contributed by atoms with E-state index >= 15 is 0 Å². The molecule has 0 spiro atoms. The van der Waals surface area contributed by atoms with Gasteiger partial charge in [0.25, 0.3) is 10.0 Å². The highest BCUT2D eigenvalue weighted by atomic mass is 32.2. The van der Waals surface area contributed by atoms with Gasteiger partial charge in [0.05, 0.1) is 10.6 Å². The largest absolute Gasteiger partial charge is 0.354 e. The Morgan fingerprint density at radius 3 is 2.32 bits per heavy atom. The SMILES string of the molecule is Cc1ccc(CN(C(=O)CCCN2c3cccc4cccc(c34)S2(=O)=O)[C@@H](C)C(=O)NCC(C)C)cc1. The summed E-state index contributed by atoms with van der Waals surface area (Å²) in [6.07, 6.45) is 0.471. The number of rotatable bonds is 10. The number of anilines is 1. The molecule has 3 aromatic rings. The van der Waals surface area contributed by atoms with Gasteiger partial charge in [0.15, 0.2) is 0 Å². The van der Waals surface area contributed by atoms with E-state index in [1.807, 2.05) is 69.3 Å². The molecule has 0 aromatic heterocycles. The van der Waals surface area contributed by atoms with Crippen molar-refractivity contribution in [2.75, 3.05) is 17.4 Å². The first-order valence-corrected chi connectivity index (χ1v) is 14.2. The van der Waals surface area contributed by atoms with E-state index in [1.54, 1.807) is 24.0 Å². The Bertz CT molecular complexity index is 1400. The van der Waals surface area contributed by atoms with Crippen molar-refractivity contribution in [2.45, 2.75) is 58.0 Å². The number of sulfonamides is 1. The van der Waals surface area contributed by atoms with Crippen LogP contribution in [0.1, 0.15) is 44.7 Å². The molecule has 0 radical (unpaired) electrons. The van der Waals surface area contributed by atoms with Crippen molar-refractivity contribution in [1.29, 1.82) is 0 Å². The van der Waals surface area contributed by atoms with Crippen molar-refractivity contribution in [3.63, 3.8) is 0 Å². The molecule has 1 heterocycles. The molecule has 1 aliphatic heterocycles. The number of amides is 2. The number of benzene rings is 3. The Labute approximate surface area is 219 Å². The molecular weight excluding hydrogens is 486 g/mol. The molecule has 1 atom stereocenters. The minimum Gasteiger partial charge on any atom is -0.354 e. The molecule has 0 aliphatic carbocycles. The molecule has 0 bridgehead atoms. The van der Waals surface area contributed by atoms with E-state index < -0.39 is 16.1 Å². The zero-order valence-corrected chi connectivity index (χ0v) is 22.7. The maximum atomic E-state index is 13.4. The lowest BCUT2D eigenvalue weighted by atomic mass is 10.1. The quantitative estimate of drug-likeness (QED) is 0.422. The number of hydrogen-bond donors (Lipinski definition) is 1. The second-order valence-electron chi connectivity index (χ2n) is 10.1. The van der Waals surface area contributed by atoms with Crippen LogP contribution in [0.25, 0.3) is 10.8 Å². The highest BCUT2D eigenvalue weighted by Gasteiger charge is 2.35.